The Hall–Kier alpha value is -4.63. The van der Waals surface area contributed by atoms with Gasteiger partial charge in [0.1, 0.15) is 18.3 Å². The van der Waals surface area contributed by atoms with E-state index < -0.39 is 28.5 Å². The SMILES string of the molecule is CCOc1ccccc1N(CC(=O)N(Cc1ccccc1)[C@@H](Cc1ccccc1)C(=O)NCC(C)C)S(=O)(=O)c1ccc(C)cc1. The highest BCUT2D eigenvalue weighted by Gasteiger charge is 2.35. The first kappa shape index (κ1) is 34.2. The first-order chi connectivity index (χ1) is 22.1. The molecule has 0 bridgehead atoms. The van der Waals surface area contributed by atoms with Gasteiger partial charge in [-0.1, -0.05) is 104 Å². The Balaban J connectivity index is 1.82. The van der Waals surface area contributed by atoms with Crippen LogP contribution in [-0.2, 0) is 32.6 Å². The molecule has 9 heteroatoms. The van der Waals surface area contributed by atoms with E-state index in [4.69, 9.17) is 4.74 Å². The number of ether oxygens (including phenoxy) is 1. The van der Waals surface area contributed by atoms with Crippen LogP contribution in [0.1, 0.15) is 37.5 Å². The van der Waals surface area contributed by atoms with Crippen molar-refractivity contribution >= 4 is 27.5 Å². The Morgan fingerprint density at radius 1 is 0.804 bits per heavy atom. The maximum atomic E-state index is 14.6. The molecule has 4 rings (SSSR count). The summed E-state index contributed by atoms with van der Waals surface area (Å²) in [5, 5.41) is 3.01. The maximum Gasteiger partial charge on any atom is 0.264 e. The van der Waals surface area contributed by atoms with Crippen molar-refractivity contribution in [3.8, 4) is 5.75 Å². The Labute approximate surface area is 273 Å². The summed E-state index contributed by atoms with van der Waals surface area (Å²) in [7, 11) is -4.23. The third-order valence-electron chi connectivity index (χ3n) is 7.47. The number of hydrogen-bond donors (Lipinski definition) is 1. The van der Waals surface area contributed by atoms with Gasteiger partial charge in [0.05, 0.1) is 17.2 Å². The zero-order chi connectivity index (χ0) is 33.1. The molecule has 0 fully saturated rings. The van der Waals surface area contributed by atoms with E-state index in [0.29, 0.717) is 18.9 Å². The lowest BCUT2D eigenvalue weighted by molar-refractivity contribution is -0.140. The minimum absolute atomic E-state index is 0.0438. The van der Waals surface area contributed by atoms with Crippen molar-refractivity contribution in [3.63, 3.8) is 0 Å². The quantitative estimate of drug-likeness (QED) is 0.172. The van der Waals surface area contributed by atoms with E-state index in [1.54, 1.807) is 36.4 Å². The van der Waals surface area contributed by atoms with E-state index in [1.165, 1.54) is 17.0 Å². The summed E-state index contributed by atoms with van der Waals surface area (Å²) in [5.41, 5.74) is 2.83. The molecular weight excluding hydrogens is 598 g/mol. The molecule has 0 aliphatic rings. The van der Waals surface area contributed by atoms with Gasteiger partial charge in [0.15, 0.2) is 0 Å². The van der Waals surface area contributed by atoms with Gasteiger partial charge >= 0.3 is 0 Å². The topological polar surface area (TPSA) is 96.0 Å². The Kier molecular flexibility index (Phi) is 12.0. The number of benzene rings is 4. The number of hydrogen-bond acceptors (Lipinski definition) is 5. The van der Waals surface area contributed by atoms with Crippen LogP contribution >= 0.6 is 0 Å². The number of rotatable bonds is 15. The van der Waals surface area contributed by atoms with Crippen molar-refractivity contribution in [1.82, 2.24) is 10.2 Å². The molecule has 0 aromatic heterocycles. The van der Waals surface area contributed by atoms with Crippen molar-refractivity contribution in [1.29, 1.82) is 0 Å². The average molecular weight is 642 g/mol. The average Bonchev–Trinajstić information content (AvgIpc) is 3.05. The number of para-hydroxylation sites is 2. The molecule has 1 atom stereocenters. The summed E-state index contributed by atoms with van der Waals surface area (Å²) in [6, 6.07) is 31.3. The summed E-state index contributed by atoms with van der Waals surface area (Å²) in [6.45, 7) is 8.00. The molecule has 2 amide bonds. The third-order valence-corrected chi connectivity index (χ3v) is 9.25. The first-order valence-electron chi connectivity index (χ1n) is 15.6. The molecular formula is C37H43N3O5S. The zero-order valence-corrected chi connectivity index (χ0v) is 27.7. The fourth-order valence-electron chi connectivity index (χ4n) is 5.05. The summed E-state index contributed by atoms with van der Waals surface area (Å²) >= 11 is 0. The smallest absolute Gasteiger partial charge is 0.264 e. The summed E-state index contributed by atoms with van der Waals surface area (Å²) in [4.78, 5) is 30.0. The molecule has 242 valence electrons. The molecule has 0 spiro atoms. The van der Waals surface area contributed by atoms with Crippen molar-refractivity contribution in [3.05, 3.63) is 126 Å². The second kappa shape index (κ2) is 16.1. The minimum Gasteiger partial charge on any atom is -0.492 e. The molecule has 46 heavy (non-hydrogen) atoms. The molecule has 0 aliphatic carbocycles. The Morgan fingerprint density at radius 3 is 2.00 bits per heavy atom. The fourth-order valence-corrected chi connectivity index (χ4v) is 6.47. The van der Waals surface area contributed by atoms with Gasteiger partial charge in [0, 0.05) is 19.5 Å². The van der Waals surface area contributed by atoms with Crippen LogP contribution in [0, 0.1) is 12.8 Å². The van der Waals surface area contributed by atoms with Gasteiger partial charge in [0.2, 0.25) is 11.8 Å². The molecule has 0 saturated heterocycles. The number of amides is 2. The molecule has 0 aliphatic heterocycles. The normalized spacial score (nSPS) is 11.9. The minimum atomic E-state index is -4.23. The first-order valence-corrected chi connectivity index (χ1v) is 17.0. The van der Waals surface area contributed by atoms with Crippen LogP contribution < -0.4 is 14.4 Å². The predicted octanol–water partition coefficient (Wildman–Crippen LogP) is 6.00. The van der Waals surface area contributed by atoms with Crippen LogP contribution in [0.25, 0.3) is 0 Å². The summed E-state index contributed by atoms with van der Waals surface area (Å²) in [6.07, 6.45) is 0.254. The fraction of sp³-hybridized carbons (Fsp3) is 0.297. The second-order valence-electron chi connectivity index (χ2n) is 11.6. The van der Waals surface area contributed by atoms with E-state index in [2.05, 4.69) is 5.32 Å². The number of nitrogens with one attached hydrogen (secondary N) is 1. The lowest BCUT2D eigenvalue weighted by Gasteiger charge is -2.34. The zero-order valence-electron chi connectivity index (χ0n) is 26.9. The van der Waals surface area contributed by atoms with Gasteiger partial charge < -0.3 is 15.0 Å². The second-order valence-corrected chi connectivity index (χ2v) is 13.4. The predicted molar refractivity (Wildman–Crippen MR) is 182 cm³/mol. The molecule has 1 N–H and O–H groups in total. The van der Waals surface area contributed by atoms with Gasteiger partial charge in [-0.05, 0) is 55.2 Å². The number of carbonyl (C=O) groups is 2. The van der Waals surface area contributed by atoms with Crippen LogP contribution in [0.15, 0.2) is 114 Å². The highest BCUT2D eigenvalue weighted by Crippen LogP contribution is 2.33. The number of nitrogens with zero attached hydrogens (tertiary/aromatic N) is 2. The molecule has 4 aromatic rings. The van der Waals surface area contributed by atoms with Crippen LogP contribution in [0.4, 0.5) is 5.69 Å². The van der Waals surface area contributed by atoms with Crippen molar-refractivity contribution in [2.75, 3.05) is 24.0 Å². The van der Waals surface area contributed by atoms with Gasteiger partial charge in [-0.3, -0.25) is 13.9 Å². The van der Waals surface area contributed by atoms with Crippen LogP contribution in [0.5, 0.6) is 5.75 Å². The molecule has 0 unspecified atom stereocenters. The van der Waals surface area contributed by atoms with Gasteiger partial charge in [-0.2, -0.15) is 0 Å². The molecule has 0 heterocycles. The van der Waals surface area contributed by atoms with Crippen LogP contribution in [0.3, 0.4) is 0 Å². The van der Waals surface area contributed by atoms with Crippen molar-refractivity contribution < 1.29 is 22.7 Å². The number of anilines is 1. The van der Waals surface area contributed by atoms with Gasteiger partial charge in [-0.25, -0.2) is 8.42 Å². The van der Waals surface area contributed by atoms with Gasteiger partial charge in [0.25, 0.3) is 10.0 Å². The van der Waals surface area contributed by atoms with E-state index in [1.807, 2.05) is 88.4 Å². The molecule has 0 radical (unpaired) electrons. The van der Waals surface area contributed by atoms with Crippen LogP contribution in [0.2, 0.25) is 0 Å². The Bertz CT molecular complexity index is 1680. The lowest BCUT2D eigenvalue weighted by Crippen LogP contribution is -2.53. The Morgan fingerprint density at radius 2 is 1.39 bits per heavy atom. The summed E-state index contributed by atoms with van der Waals surface area (Å²) < 4.78 is 35.5. The largest absolute Gasteiger partial charge is 0.492 e. The summed E-state index contributed by atoms with van der Waals surface area (Å²) in [5.74, 6) is -0.292. The molecule has 4 aromatic carbocycles. The van der Waals surface area contributed by atoms with E-state index in [9.17, 15) is 18.0 Å². The van der Waals surface area contributed by atoms with Gasteiger partial charge in [-0.15, -0.1) is 0 Å². The monoisotopic (exact) mass is 641 g/mol. The van der Waals surface area contributed by atoms with E-state index in [-0.39, 0.29) is 35.4 Å². The van der Waals surface area contributed by atoms with Crippen LogP contribution in [-0.4, -0.2) is 50.9 Å². The number of sulfonamides is 1. The van der Waals surface area contributed by atoms with Crippen molar-refractivity contribution in [2.24, 2.45) is 5.92 Å². The third kappa shape index (κ3) is 8.97. The lowest BCUT2D eigenvalue weighted by atomic mass is 10.0. The highest BCUT2D eigenvalue weighted by atomic mass is 32.2. The number of carbonyl (C=O) groups excluding carboxylic acids is 2. The standard InChI is InChI=1S/C37H43N3O5S/c1-5-45-35-19-13-12-18-33(35)40(46(43,44)32-22-20-29(4)21-23-32)27-36(41)39(26-31-16-10-7-11-17-31)34(37(42)38-25-28(2)3)24-30-14-8-6-9-15-30/h6-23,28,34H,5,24-27H2,1-4H3,(H,38,42)/t34-/m0/s1. The van der Waals surface area contributed by atoms with E-state index >= 15 is 0 Å². The van der Waals surface area contributed by atoms with E-state index in [0.717, 1.165) is 21.0 Å². The van der Waals surface area contributed by atoms with Crippen molar-refractivity contribution in [2.45, 2.75) is 51.6 Å². The highest BCUT2D eigenvalue weighted by molar-refractivity contribution is 7.92. The number of aryl methyl sites for hydroxylation is 1. The molecule has 0 saturated carbocycles. The molecule has 8 nitrogen and oxygen atoms in total. The maximum absolute atomic E-state index is 14.6.